The zero-order valence-electron chi connectivity index (χ0n) is 12.8. The second kappa shape index (κ2) is 6.91. The summed E-state index contributed by atoms with van der Waals surface area (Å²) in [5.74, 6) is 0. The number of rotatable bonds is 4. The summed E-state index contributed by atoms with van der Waals surface area (Å²) in [4.78, 5) is 5.56. The Hall–Kier alpha value is -2.55. The highest BCUT2D eigenvalue weighted by molar-refractivity contribution is 6.39. The van der Waals surface area contributed by atoms with E-state index in [2.05, 4.69) is 16.2 Å². The molecule has 1 aromatic heterocycles. The fourth-order valence-corrected chi connectivity index (χ4v) is 3.04. The summed E-state index contributed by atoms with van der Waals surface area (Å²) in [6, 6.07) is 13.0. The molecule has 0 aliphatic heterocycles. The molecule has 120 valence electrons. The summed E-state index contributed by atoms with van der Waals surface area (Å²) >= 11 is 13.0. The van der Waals surface area contributed by atoms with Gasteiger partial charge in [0.1, 0.15) is 12.7 Å². The average Bonchev–Trinajstić information content (AvgIpc) is 3.13. The van der Waals surface area contributed by atoms with Crippen LogP contribution in [0.1, 0.15) is 11.1 Å². The van der Waals surface area contributed by atoms with Gasteiger partial charge in [-0.05, 0) is 29.3 Å². The number of nitrogens with zero attached hydrogens (tertiary/aromatic N) is 5. The van der Waals surface area contributed by atoms with Crippen LogP contribution in [0.5, 0.6) is 0 Å². The van der Waals surface area contributed by atoms with E-state index in [0.717, 1.165) is 16.7 Å². The third kappa shape index (κ3) is 3.21. The van der Waals surface area contributed by atoms with Gasteiger partial charge >= 0.3 is 0 Å². The normalized spacial score (nSPS) is 10.4. The van der Waals surface area contributed by atoms with Crippen LogP contribution in [-0.4, -0.2) is 21.9 Å². The lowest BCUT2D eigenvalue weighted by Gasteiger charge is -2.20. The van der Waals surface area contributed by atoms with E-state index in [9.17, 15) is 0 Å². The van der Waals surface area contributed by atoms with E-state index in [-0.39, 0.29) is 0 Å². The van der Waals surface area contributed by atoms with Crippen LogP contribution in [0, 0.1) is 11.3 Å². The Labute approximate surface area is 149 Å². The molecule has 0 unspecified atom stereocenters. The van der Waals surface area contributed by atoms with Gasteiger partial charge in [-0.25, -0.2) is 4.98 Å². The first-order valence-electron chi connectivity index (χ1n) is 7.13. The van der Waals surface area contributed by atoms with E-state index in [0.29, 0.717) is 22.2 Å². The molecule has 0 saturated carbocycles. The quantitative estimate of drug-likeness (QED) is 0.710. The van der Waals surface area contributed by atoms with Gasteiger partial charge in [-0.3, -0.25) is 5.01 Å². The second-order valence-corrected chi connectivity index (χ2v) is 6.00. The lowest BCUT2D eigenvalue weighted by Crippen LogP contribution is -2.29. The monoisotopic (exact) mass is 357 g/mol. The second-order valence-electron chi connectivity index (χ2n) is 5.22. The van der Waals surface area contributed by atoms with Gasteiger partial charge in [-0.1, -0.05) is 41.4 Å². The average molecular weight is 358 g/mol. The van der Waals surface area contributed by atoms with Gasteiger partial charge in [0, 0.05) is 17.6 Å². The summed E-state index contributed by atoms with van der Waals surface area (Å²) in [5, 5.41) is 16.0. The zero-order chi connectivity index (χ0) is 17.1. The van der Waals surface area contributed by atoms with Crippen LogP contribution < -0.4 is 5.01 Å². The summed E-state index contributed by atoms with van der Waals surface area (Å²) in [7, 11) is 1.89. The third-order valence-electron chi connectivity index (χ3n) is 3.63. The number of aromatic nitrogens is 3. The van der Waals surface area contributed by atoms with Crippen molar-refractivity contribution >= 4 is 23.2 Å². The van der Waals surface area contributed by atoms with Crippen molar-refractivity contribution in [2.24, 2.45) is 0 Å². The molecule has 7 heteroatoms. The van der Waals surface area contributed by atoms with Crippen molar-refractivity contribution in [3.05, 3.63) is 70.2 Å². The predicted octanol–water partition coefficient (Wildman–Crippen LogP) is 3.89. The maximum absolute atomic E-state index is 8.92. The minimum absolute atomic E-state index is 0.544. The van der Waals surface area contributed by atoms with Crippen molar-refractivity contribution in [2.45, 2.75) is 6.54 Å². The number of benzene rings is 2. The van der Waals surface area contributed by atoms with Gasteiger partial charge in [-0.2, -0.15) is 10.1 Å². The fourth-order valence-electron chi connectivity index (χ4n) is 2.39. The summed E-state index contributed by atoms with van der Waals surface area (Å²) < 4.78 is 0. The highest BCUT2D eigenvalue weighted by Gasteiger charge is 2.14. The van der Waals surface area contributed by atoms with E-state index in [4.69, 9.17) is 28.5 Å². The van der Waals surface area contributed by atoms with Gasteiger partial charge < -0.3 is 0 Å². The van der Waals surface area contributed by atoms with Gasteiger partial charge in [0.2, 0.25) is 0 Å². The van der Waals surface area contributed by atoms with Crippen molar-refractivity contribution in [3.8, 4) is 17.2 Å². The molecule has 3 aromatic rings. The first kappa shape index (κ1) is 16.3. The van der Waals surface area contributed by atoms with Crippen molar-refractivity contribution in [3.63, 3.8) is 0 Å². The molecule has 0 spiro atoms. The smallest absolute Gasteiger partial charge is 0.139 e. The molecule has 0 aliphatic carbocycles. The van der Waals surface area contributed by atoms with Crippen molar-refractivity contribution in [1.29, 1.82) is 5.26 Å². The summed E-state index contributed by atoms with van der Waals surface area (Å²) in [6.07, 6.45) is 3.09. The van der Waals surface area contributed by atoms with E-state index in [1.807, 2.05) is 36.3 Å². The maximum atomic E-state index is 8.92. The number of hydrogen-bond acceptors (Lipinski definition) is 4. The van der Waals surface area contributed by atoms with Gasteiger partial charge in [0.25, 0.3) is 0 Å². The molecule has 0 bridgehead atoms. The SMILES string of the molecule is CN(Cc1ccc(Cl)c(-c2ccc(C#N)cc2)c1Cl)n1cncn1. The van der Waals surface area contributed by atoms with Gasteiger partial charge in [-0.15, -0.1) is 5.10 Å². The molecular formula is C17H13Cl2N5. The number of nitriles is 1. The minimum Gasteiger partial charge on any atom is -0.294 e. The first-order valence-corrected chi connectivity index (χ1v) is 7.89. The lowest BCUT2D eigenvalue weighted by atomic mass is 10.0. The molecule has 0 saturated heterocycles. The maximum Gasteiger partial charge on any atom is 0.139 e. The minimum atomic E-state index is 0.544. The predicted molar refractivity (Wildman–Crippen MR) is 94.5 cm³/mol. The van der Waals surface area contributed by atoms with E-state index < -0.39 is 0 Å². The number of halogens is 2. The Morgan fingerprint density at radius 2 is 1.92 bits per heavy atom. The van der Waals surface area contributed by atoms with Crippen LogP contribution in [0.4, 0.5) is 0 Å². The third-order valence-corrected chi connectivity index (χ3v) is 4.38. The molecule has 0 aliphatic rings. The van der Waals surface area contributed by atoms with E-state index in [1.165, 1.54) is 6.33 Å². The molecule has 0 radical (unpaired) electrons. The fraction of sp³-hybridized carbons (Fsp3) is 0.118. The molecule has 0 atom stereocenters. The van der Waals surface area contributed by atoms with Crippen LogP contribution in [0.2, 0.25) is 10.0 Å². The van der Waals surface area contributed by atoms with Gasteiger partial charge in [0.05, 0.1) is 23.2 Å². The Bertz CT molecular complexity index is 883. The molecule has 24 heavy (non-hydrogen) atoms. The first-order chi connectivity index (χ1) is 11.6. The van der Waals surface area contributed by atoms with Crippen LogP contribution in [-0.2, 0) is 6.54 Å². The van der Waals surface area contributed by atoms with Gasteiger partial charge in [0.15, 0.2) is 0 Å². The Morgan fingerprint density at radius 3 is 2.54 bits per heavy atom. The van der Waals surface area contributed by atoms with Crippen LogP contribution in [0.3, 0.4) is 0 Å². The summed E-state index contributed by atoms with van der Waals surface area (Å²) in [5.41, 5.74) is 3.13. The molecule has 0 fully saturated rings. The Kier molecular flexibility index (Phi) is 4.70. The van der Waals surface area contributed by atoms with E-state index >= 15 is 0 Å². The Morgan fingerprint density at radius 1 is 1.17 bits per heavy atom. The molecule has 3 rings (SSSR count). The standard InChI is InChI=1S/C17H13Cl2N5/c1-23(24-11-21-10-22-24)9-14-6-7-15(18)16(17(14)19)13-4-2-12(8-20)3-5-13/h2-7,10-11H,9H2,1H3. The highest BCUT2D eigenvalue weighted by Crippen LogP contribution is 2.37. The molecule has 5 nitrogen and oxygen atoms in total. The van der Waals surface area contributed by atoms with Crippen LogP contribution in [0.15, 0.2) is 49.1 Å². The van der Waals surface area contributed by atoms with Crippen molar-refractivity contribution in [1.82, 2.24) is 14.9 Å². The lowest BCUT2D eigenvalue weighted by molar-refractivity contribution is 0.577. The molecule has 1 heterocycles. The highest BCUT2D eigenvalue weighted by atomic mass is 35.5. The van der Waals surface area contributed by atoms with E-state index in [1.54, 1.807) is 23.3 Å². The van der Waals surface area contributed by atoms with Crippen LogP contribution in [0.25, 0.3) is 11.1 Å². The number of hydrogen-bond donors (Lipinski definition) is 0. The zero-order valence-corrected chi connectivity index (χ0v) is 14.3. The molecule has 2 aromatic carbocycles. The Balaban J connectivity index is 1.97. The molecule has 0 amide bonds. The van der Waals surface area contributed by atoms with Crippen molar-refractivity contribution in [2.75, 3.05) is 12.1 Å². The molecular weight excluding hydrogens is 345 g/mol. The topological polar surface area (TPSA) is 57.7 Å². The largest absolute Gasteiger partial charge is 0.294 e. The summed E-state index contributed by atoms with van der Waals surface area (Å²) in [6.45, 7) is 0.544. The molecule has 0 N–H and O–H groups in total. The van der Waals surface area contributed by atoms with Crippen molar-refractivity contribution < 1.29 is 0 Å². The van der Waals surface area contributed by atoms with Crippen LogP contribution >= 0.6 is 23.2 Å².